The SMILES string of the molecule is C[C@H]1C(=O)O[C@H](C)[C@@](C)(O)[C@H](O)[C@@H](C)NC(=O)[C@H](C)C[C@@](C)(OC/C=C/c2cccc3ccccc23)[C@H](O[C@@H]2O[C@H](C)C[C@H](N(C)C)[C@H]2O)[C@@H](C)C1=O. The molecule has 2 heterocycles. The van der Waals surface area contributed by atoms with Crippen LogP contribution in [0.2, 0.25) is 0 Å². The first-order valence-electron chi connectivity index (χ1n) is 18.7. The molecule has 2 aliphatic rings. The van der Waals surface area contributed by atoms with Gasteiger partial charge in [-0.1, -0.05) is 68.5 Å². The van der Waals surface area contributed by atoms with E-state index in [0.717, 1.165) is 16.3 Å². The van der Waals surface area contributed by atoms with E-state index in [1.54, 1.807) is 27.7 Å². The van der Waals surface area contributed by atoms with E-state index in [-0.39, 0.29) is 25.2 Å². The van der Waals surface area contributed by atoms with Gasteiger partial charge in [-0.15, -0.1) is 0 Å². The number of nitrogens with one attached hydrogen (secondary N) is 1. The normalized spacial score (nSPS) is 38.4. The number of ketones is 1. The van der Waals surface area contributed by atoms with Crippen molar-refractivity contribution in [2.45, 2.75) is 128 Å². The summed E-state index contributed by atoms with van der Waals surface area (Å²) >= 11 is 0. The van der Waals surface area contributed by atoms with E-state index in [1.807, 2.05) is 80.5 Å². The average Bonchev–Trinajstić information content (AvgIpc) is 3.11. The van der Waals surface area contributed by atoms with Crippen LogP contribution >= 0.6 is 0 Å². The first-order chi connectivity index (χ1) is 24.8. The van der Waals surface area contributed by atoms with Gasteiger partial charge < -0.3 is 44.5 Å². The molecule has 2 saturated heterocycles. The first-order valence-corrected chi connectivity index (χ1v) is 18.7. The van der Waals surface area contributed by atoms with Crippen LogP contribution < -0.4 is 5.32 Å². The second-order valence-corrected chi connectivity index (χ2v) is 15.8. The van der Waals surface area contributed by atoms with Gasteiger partial charge in [-0.05, 0) is 84.8 Å². The Morgan fingerprint density at radius 1 is 0.981 bits per heavy atom. The van der Waals surface area contributed by atoms with Crippen molar-refractivity contribution in [3.05, 3.63) is 54.1 Å². The highest BCUT2D eigenvalue weighted by atomic mass is 16.7. The molecular formula is C41H60N2O10. The number of nitrogens with zero attached hydrogens (tertiary/aromatic N) is 1. The van der Waals surface area contributed by atoms with Crippen molar-refractivity contribution in [3.8, 4) is 0 Å². The number of ether oxygens (including phenoxy) is 4. The summed E-state index contributed by atoms with van der Waals surface area (Å²) in [6.07, 6.45) is -2.05. The quantitative estimate of drug-likeness (QED) is 0.241. The van der Waals surface area contributed by atoms with Crippen molar-refractivity contribution in [1.29, 1.82) is 0 Å². The van der Waals surface area contributed by atoms with Crippen LogP contribution in [0.15, 0.2) is 48.5 Å². The standard InChI is InChI=1S/C41H60N2O10/c1-23-22-40(7,50-20-14-18-30-17-13-16-29-15-11-12-19-31(29)30)36(53-39-34(45)32(43(9)10)21-24(2)51-39)25(3)33(44)26(4)38(48)52-28(6)41(8,49)35(46)27(5)42-37(23)47/h11-19,23-28,32,34-36,39,45-46,49H,20-22H2,1-10H3,(H,42,47)/b18-14+/t23-,24-,25+,26-,27-,28-,32+,34-,35-,36-,39+,40-,41-/m1/s1. The predicted molar refractivity (Wildman–Crippen MR) is 202 cm³/mol. The molecule has 13 atom stereocenters. The molecule has 1 amide bonds. The van der Waals surface area contributed by atoms with E-state index < -0.39 is 83.4 Å². The number of hydrogen-bond acceptors (Lipinski definition) is 11. The molecule has 294 valence electrons. The third-order valence-corrected chi connectivity index (χ3v) is 11.2. The number of esters is 1. The number of carbonyl (C=O) groups excluding carboxylic acids is 3. The van der Waals surface area contributed by atoms with Crippen LogP contribution in [0.5, 0.6) is 0 Å². The molecule has 0 aromatic heterocycles. The minimum Gasteiger partial charge on any atom is -0.459 e. The van der Waals surface area contributed by atoms with Crippen molar-refractivity contribution < 1.29 is 48.7 Å². The molecule has 2 aromatic carbocycles. The number of hydrogen-bond donors (Lipinski definition) is 4. The topological polar surface area (TPSA) is 164 Å². The van der Waals surface area contributed by atoms with Gasteiger partial charge in [0.25, 0.3) is 0 Å². The number of aliphatic hydroxyl groups excluding tert-OH is 2. The Hall–Kier alpha value is -3.23. The molecule has 12 heteroatoms. The molecular weight excluding hydrogens is 680 g/mol. The summed E-state index contributed by atoms with van der Waals surface area (Å²) in [6, 6.07) is 12.8. The van der Waals surface area contributed by atoms with Gasteiger partial charge in [-0.2, -0.15) is 0 Å². The monoisotopic (exact) mass is 740 g/mol. The fraction of sp³-hybridized carbons (Fsp3) is 0.634. The van der Waals surface area contributed by atoms with E-state index in [2.05, 4.69) is 5.32 Å². The molecule has 0 radical (unpaired) electrons. The second kappa shape index (κ2) is 17.5. The summed E-state index contributed by atoms with van der Waals surface area (Å²) in [4.78, 5) is 43.4. The van der Waals surface area contributed by atoms with Gasteiger partial charge in [0.2, 0.25) is 5.91 Å². The minimum atomic E-state index is -1.96. The largest absolute Gasteiger partial charge is 0.459 e. The highest BCUT2D eigenvalue weighted by Crippen LogP contribution is 2.37. The van der Waals surface area contributed by atoms with Gasteiger partial charge in [0.15, 0.2) is 12.1 Å². The maximum Gasteiger partial charge on any atom is 0.316 e. The summed E-state index contributed by atoms with van der Waals surface area (Å²) in [5.74, 6) is -4.94. The van der Waals surface area contributed by atoms with Crippen LogP contribution in [-0.2, 0) is 33.3 Å². The zero-order valence-corrected chi connectivity index (χ0v) is 32.8. The molecule has 53 heavy (non-hydrogen) atoms. The first kappa shape index (κ1) is 42.5. The highest BCUT2D eigenvalue weighted by Gasteiger charge is 2.50. The van der Waals surface area contributed by atoms with Crippen LogP contribution in [-0.4, -0.2) is 119 Å². The van der Waals surface area contributed by atoms with Crippen LogP contribution in [0.4, 0.5) is 0 Å². The van der Waals surface area contributed by atoms with Crippen LogP contribution in [0.25, 0.3) is 16.8 Å². The highest BCUT2D eigenvalue weighted by molar-refractivity contribution is 6.00. The lowest BCUT2D eigenvalue weighted by atomic mass is 9.78. The van der Waals surface area contributed by atoms with Gasteiger partial charge in [0.1, 0.15) is 29.8 Å². The number of Topliss-reactive ketones (excluding diaryl/α,β-unsaturated/α-hetero) is 1. The molecule has 0 saturated carbocycles. The Bertz CT molecular complexity index is 1610. The zero-order valence-electron chi connectivity index (χ0n) is 32.8. The summed E-state index contributed by atoms with van der Waals surface area (Å²) in [5, 5.41) is 38.8. The lowest BCUT2D eigenvalue weighted by Gasteiger charge is -2.47. The molecule has 2 aliphatic heterocycles. The number of cyclic esters (lactones) is 1. The molecule has 12 nitrogen and oxygen atoms in total. The Balaban J connectivity index is 1.78. The molecule has 0 spiro atoms. The van der Waals surface area contributed by atoms with Gasteiger partial charge in [0.05, 0.1) is 30.5 Å². The molecule has 2 fully saturated rings. The van der Waals surface area contributed by atoms with Gasteiger partial charge in [-0.3, -0.25) is 14.4 Å². The molecule has 0 aliphatic carbocycles. The van der Waals surface area contributed by atoms with Crippen LogP contribution in [0.1, 0.15) is 73.8 Å². The maximum atomic E-state index is 14.3. The van der Waals surface area contributed by atoms with Gasteiger partial charge in [0, 0.05) is 17.9 Å². The fourth-order valence-electron chi connectivity index (χ4n) is 7.60. The van der Waals surface area contributed by atoms with Crippen molar-refractivity contribution >= 4 is 34.5 Å². The van der Waals surface area contributed by atoms with Gasteiger partial charge >= 0.3 is 5.97 Å². The molecule has 2 aromatic rings. The van der Waals surface area contributed by atoms with E-state index in [9.17, 15) is 29.7 Å². The number of benzene rings is 2. The number of fused-ring (bicyclic) bond motifs is 1. The summed E-state index contributed by atoms with van der Waals surface area (Å²) in [5.41, 5.74) is -2.36. The molecule has 4 N–H and O–H groups in total. The van der Waals surface area contributed by atoms with Gasteiger partial charge in [-0.25, -0.2) is 0 Å². The predicted octanol–water partition coefficient (Wildman–Crippen LogP) is 3.87. The average molecular weight is 741 g/mol. The molecule has 0 bridgehead atoms. The van der Waals surface area contributed by atoms with Crippen molar-refractivity contribution in [3.63, 3.8) is 0 Å². The Morgan fingerprint density at radius 3 is 2.32 bits per heavy atom. The van der Waals surface area contributed by atoms with Crippen molar-refractivity contribution in [2.24, 2.45) is 17.8 Å². The number of amides is 1. The Morgan fingerprint density at radius 2 is 1.64 bits per heavy atom. The van der Waals surface area contributed by atoms with Crippen LogP contribution in [0.3, 0.4) is 0 Å². The van der Waals surface area contributed by atoms with E-state index >= 15 is 0 Å². The fourth-order valence-corrected chi connectivity index (χ4v) is 7.60. The number of likely N-dealkylation sites (N-methyl/N-ethyl adjacent to an activating group) is 1. The zero-order chi connectivity index (χ0) is 39.4. The lowest BCUT2D eigenvalue weighted by molar-refractivity contribution is -0.296. The molecule has 4 rings (SSSR count). The van der Waals surface area contributed by atoms with E-state index in [4.69, 9.17) is 18.9 Å². The van der Waals surface area contributed by atoms with E-state index in [0.29, 0.717) is 6.42 Å². The Kier molecular flexibility index (Phi) is 14.0. The van der Waals surface area contributed by atoms with E-state index in [1.165, 1.54) is 20.8 Å². The Labute approximate surface area is 313 Å². The van der Waals surface area contributed by atoms with Crippen molar-refractivity contribution in [2.75, 3.05) is 20.7 Å². The third-order valence-electron chi connectivity index (χ3n) is 11.2. The third kappa shape index (κ3) is 9.72. The summed E-state index contributed by atoms with van der Waals surface area (Å²) in [7, 11) is 3.72. The number of rotatable bonds is 7. The minimum absolute atomic E-state index is 0.0349. The summed E-state index contributed by atoms with van der Waals surface area (Å²) in [6.45, 7) is 12.7. The number of aliphatic hydroxyl groups is 3. The smallest absolute Gasteiger partial charge is 0.316 e. The van der Waals surface area contributed by atoms with Crippen molar-refractivity contribution in [1.82, 2.24) is 10.2 Å². The lowest BCUT2D eigenvalue weighted by Crippen LogP contribution is -2.59. The number of carbonyl (C=O) groups is 3. The summed E-state index contributed by atoms with van der Waals surface area (Å²) < 4.78 is 25.1. The molecule has 0 unspecified atom stereocenters. The second-order valence-electron chi connectivity index (χ2n) is 15.8. The van der Waals surface area contributed by atoms with Crippen LogP contribution in [0, 0.1) is 17.8 Å². The maximum absolute atomic E-state index is 14.3.